The van der Waals surface area contributed by atoms with E-state index in [1.165, 1.54) is 24.3 Å². The van der Waals surface area contributed by atoms with Crippen molar-refractivity contribution in [3.63, 3.8) is 0 Å². The van der Waals surface area contributed by atoms with Crippen molar-refractivity contribution in [2.75, 3.05) is 28.3 Å². The van der Waals surface area contributed by atoms with Gasteiger partial charge in [0.15, 0.2) is 11.5 Å². The number of carbonyl (C=O) groups is 3. The summed E-state index contributed by atoms with van der Waals surface area (Å²) < 4.78 is 11.2. The maximum Gasteiger partial charge on any atom is 0.269 e. The third-order valence-corrected chi connectivity index (χ3v) is 7.81. The molecule has 0 unspecified atom stereocenters. The van der Waals surface area contributed by atoms with Gasteiger partial charge in [0.1, 0.15) is 19.3 Å². The monoisotopic (exact) mass is 538 g/mol. The molecule has 2 fully saturated rings. The van der Waals surface area contributed by atoms with Crippen LogP contribution in [0.2, 0.25) is 0 Å². The number of ether oxygens (including phenoxy) is 2. The predicted molar refractivity (Wildman–Crippen MR) is 144 cm³/mol. The molecule has 0 aliphatic carbocycles. The molecule has 4 atom stereocenters. The number of hydrogen-bond donors (Lipinski definition) is 1. The Morgan fingerprint density at radius 1 is 0.925 bits per heavy atom. The van der Waals surface area contributed by atoms with Gasteiger partial charge in [0.25, 0.3) is 5.69 Å². The number of carbonyl (C=O) groups excluding carboxylic acids is 3. The van der Waals surface area contributed by atoms with E-state index in [1.807, 2.05) is 41.3 Å². The quantitative estimate of drug-likeness (QED) is 0.304. The molecule has 7 rings (SSSR count). The Hall–Kier alpha value is -5.19. The number of nitrogens with zero attached hydrogens (tertiary/aromatic N) is 3. The van der Waals surface area contributed by atoms with Crippen LogP contribution in [0.15, 0.2) is 72.8 Å². The first-order valence-corrected chi connectivity index (χ1v) is 12.8. The van der Waals surface area contributed by atoms with Crippen molar-refractivity contribution in [1.29, 1.82) is 0 Å². The van der Waals surface area contributed by atoms with Crippen LogP contribution in [0, 0.1) is 22.0 Å². The molecule has 2 saturated heterocycles. The minimum absolute atomic E-state index is 0.110. The molecule has 0 saturated carbocycles. The number of anilines is 3. The van der Waals surface area contributed by atoms with Crippen molar-refractivity contribution in [2.24, 2.45) is 11.8 Å². The number of nitro benzene ring substituents is 1. The Labute approximate surface area is 227 Å². The Bertz CT molecular complexity index is 1620. The third-order valence-electron chi connectivity index (χ3n) is 7.81. The van der Waals surface area contributed by atoms with Gasteiger partial charge in [0.2, 0.25) is 17.7 Å². The molecular weight excluding hydrogens is 516 g/mol. The first-order chi connectivity index (χ1) is 19.4. The fraction of sp³-hybridized carbons (Fsp3) is 0.207. The number of rotatable bonds is 4. The van der Waals surface area contributed by atoms with E-state index >= 15 is 0 Å². The average molecular weight is 539 g/mol. The van der Waals surface area contributed by atoms with E-state index in [0.717, 1.165) is 16.2 Å². The number of hydrogen-bond acceptors (Lipinski definition) is 8. The largest absolute Gasteiger partial charge is 0.486 e. The van der Waals surface area contributed by atoms with Gasteiger partial charge in [-0.25, -0.2) is 4.90 Å². The fourth-order valence-corrected chi connectivity index (χ4v) is 6.12. The van der Waals surface area contributed by atoms with E-state index in [1.54, 1.807) is 18.2 Å². The summed E-state index contributed by atoms with van der Waals surface area (Å²) in [5.41, 5.74) is 2.21. The van der Waals surface area contributed by atoms with Crippen LogP contribution in [-0.2, 0) is 14.4 Å². The van der Waals surface area contributed by atoms with Gasteiger partial charge in [-0.05, 0) is 35.9 Å². The molecule has 11 heteroatoms. The van der Waals surface area contributed by atoms with Crippen molar-refractivity contribution in [3.8, 4) is 11.5 Å². The summed E-state index contributed by atoms with van der Waals surface area (Å²) in [6.45, 7) is 0.769. The molecule has 3 aromatic carbocycles. The summed E-state index contributed by atoms with van der Waals surface area (Å²) in [4.78, 5) is 55.4. The van der Waals surface area contributed by atoms with Crippen molar-refractivity contribution >= 4 is 46.5 Å². The van der Waals surface area contributed by atoms with E-state index in [0.29, 0.717) is 36.1 Å². The van der Waals surface area contributed by atoms with E-state index in [2.05, 4.69) is 5.32 Å². The minimum Gasteiger partial charge on any atom is -0.486 e. The lowest BCUT2D eigenvalue weighted by Crippen LogP contribution is -2.50. The highest BCUT2D eigenvalue weighted by Crippen LogP contribution is 2.50. The highest BCUT2D eigenvalue weighted by molar-refractivity contribution is 6.25. The van der Waals surface area contributed by atoms with Gasteiger partial charge < -0.3 is 19.7 Å². The zero-order chi connectivity index (χ0) is 27.5. The molecule has 0 bridgehead atoms. The highest BCUT2D eigenvalue weighted by atomic mass is 16.6. The summed E-state index contributed by atoms with van der Waals surface area (Å²) in [7, 11) is 0. The van der Waals surface area contributed by atoms with Crippen molar-refractivity contribution in [1.82, 2.24) is 0 Å². The Kier molecular flexibility index (Phi) is 5.34. The predicted octanol–water partition coefficient (Wildman–Crippen LogP) is 3.39. The number of amides is 3. The van der Waals surface area contributed by atoms with E-state index in [4.69, 9.17) is 9.47 Å². The first-order valence-electron chi connectivity index (χ1n) is 12.8. The fourth-order valence-electron chi connectivity index (χ4n) is 6.12. The third kappa shape index (κ3) is 3.54. The van der Waals surface area contributed by atoms with Crippen LogP contribution >= 0.6 is 0 Å². The normalized spacial score (nSPS) is 23.9. The summed E-state index contributed by atoms with van der Waals surface area (Å²) >= 11 is 0. The second kappa shape index (κ2) is 8.94. The molecule has 40 heavy (non-hydrogen) atoms. The van der Waals surface area contributed by atoms with Gasteiger partial charge in [-0.15, -0.1) is 0 Å². The van der Waals surface area contributed by atoms with E-state index in [-0.39, 0.29) is 5.69 Å². The molecule has 4 aliphatic rings. The second-order valence-electron chi connectivity index (χ2n) is 9.95. The summed E-state index contributed by atoms with van der Waals surface area (Å²) in [6, 6.07) is 16.4. The van der Waals surface area contributed by atoms with E-state index in [9.17, 15) is 24.5 Å². The Balaban J connectivity index is 1.27. The summed E-state index contributed by atoms with van der Waals surface area (Å²) in [6.07, 6.45) is 3.78. The van der Waals surface area contributed by atoms with Gasteiger partial charge in [0.05, 0.1) is 28.5 Å². The zero-order valence-corrected chi connectivity index (χ0v) is 20.9. The van der Waals surface area contributed by atoms with Crippen LogP contribution in [0.25, 0.3) is 6.08 Å². The lowest BCUT2D eigenvalue weighted by atomic mass is 9.88. The molecule has 11 nitrogen and oxygen atoms in total. The number of fused-ring (bicyclic) bond motifs is 6. The van der Waals surface area contributed by atoms with Crippen LogP contribution in [-0.4, -0.2) is 47.9 Å². The number of para-hydroxylation sites is 1. The van der Waals surface area contributed by atoms with Crippen LogP contribution in [0.5, 0.6) is 11.5 Å². The van der Waals surface area contributed by atoms with Crippen molar-refractivity contribution in [3.05, 3.63) is 88.5 Å². The highest BCUT2D eigenvalue weighted by Gasteiger charge is 2.64. The summed E-state index contributed by atoms with van der Waals surface area (Å²) in [5, 5.41) is 13.9. The lowest BCUT2D eigenvalue weighted by Gasteiger charge is -2.36. The molecule has 1 N–H and O–H groups in total. The van der Waals surface area contributed by atoms with Gasteiger partial charge in [0, 0.05) is 29.6 Å². The van der Waals surface area contributed by atoms with Crippen LogP contribution in [0.4, 0.5) is 22.7 Å². The standard InChI is InChI=1S/C29H22N4O7/c34-27(30-17-6-8-18(9-7-17)33(37)38)26-25-24(21-11-5-16-3-1-2-4-20(16)32(21)26)28(35)31(29(25)36)19-10-12-22-23(15-19)40-14-13-39-22/h1-12,15,21,24-26H,13-14H2,(H,30,34)/t21-,24-,25-,26+/m0/s1. The molecule has 0 spiro atoms. The van der Waals surface area contributed by atoms with Crippen molar-refractivity contribution in [2.45, 2.75) is 12.1 Å². The molecule has 0 radical (unpaired) electrons. The van der Waals surface area contributed by atoms with Crippen LogP contribution in [0.1, 0.15) is 5.56 Å². The van der Waals surface area contributed by atoms with Crippen molar-refractivity contribution < 1.29 is 28.8 Å². The molecule has 3 aromatic rings. The zero-order valence-electron chi connectivity index (χ0n) is 20.9. The molecular formula is C29H22N4O7. The Morgan fingerprint density at radius 3 is 2.42 bits per heavy atom. The van der Waals surface area contributed by atoms with Gasteiger partial charge in [-0.3, -0.25) is 24.5 Å². The maximum atomic E-state index is 14.0. The molecule has 4 aliphatic heterocycles. The average Bonchev–Trinajstić information content (AvgIpc) is 3.45. The lowest BCUT2D eigenvalue weighted by molar-refractivity contribution is -0.384. The first kappa shape index (κ1) is 23.9. The smallest absolute Gasteiger partial charge is 0.269 e. The molecule has 200 valence electrons. The van der Waals surface area contributed by atoms with E-state index < -0.39 is 46.6 Å². The van der Waals surface area contributed by atoms with Crippen LogP contribution < -0.4 is 24.6 Å². The van der Waals surface area contributed by atoms with Crippen LogP contribution in [0.3, 0.4) is 0 Å². The number of non-ortho nitro benzene ring substituents is 1. The number of imide groups is 1. The molecule has 3 amide bonds. The molecule has 0 aromatic heterocycles. The Morgan fingerprint density at radius 2 is 1.65 bits per heavy atom. The number of nitro groups is 1. The van der Waals surface area contributed by atoms with Gasteiger partial charge in [-0.2, -0.15) is 0 Å². The maximum absolute atomic E-state index is 14.0. The minimum atomic E-state index is -1.00. The summed E-state index contributed by atoms with van der Waals surface area (Å²) in [5.74, 6) is -2.12. The van der Waals surface area contributed by atoms with Gasteiger partial charge in [-0.1, -0.05) is 30.4 Å². The second-order valence-corrected chi connectivity index (χ2v) is 9.95. The van der Waals surface area contributed by atoms with Gasteiger partial charge >= 0.3 is 0 Å². The number of nitrogens with one attached hydrogen (secondary N) is 1. The topological polar surface area (TPSA) is 131 Å². The molecule has 4 heterocycles. The number of benzene rings is 3. The SMILES string of the molecule is O=C(Nc1ccc([N+](=O)[O-])cc1)[C@H]1[C@H]2C(=O)N(c3ccc4c(c3)OCCO4)C(=O)[C@H]2[C@@H]2C=Cc3ccccc3N21.